The Balaban J connectivity index is 1.94. The summed E-state index contributed by atoms with van der Waals surface area (Å²) in [5.41, 5.74) is 1.91. The van der Waals surface area contributed by atoms with Gasteiger partial charge in [-0.05, 0) is 17.5 Å². The van der Waals surface area contributed by atoms with Crippen LogP contribution in [-0.2, 0) is 9.59 Å². The van der Waals surface area contributed by atoms with E-state index in [0.29, 0.717) is 19.5 Å². The van der Waals surface area contributed by atoms with E-state index in [1.165, 1.54) is 0 Å². The van der Waals surface area contributed by atoms with Crippen LogP contribution < -0.4 is 10.6 Å². The summed E-state index contributed by atoms with van der Waals surface area (Å²) in [5.74, 6) is -0.364. The molecule has 0 spiro atoms. The van der Waals surface area contributed by atoms with Gasteiger partial charge in [0, 0.05) is 19.5 Å². The number of unbranched alkanes of at least 4 members (excludes halogenated alkanes) is 1. The zero-order valence-electron chi connectivity index (χ0n) is 14.7. The van der Waals surface area contributed by atoms with E-state index in [2.05, 4.69) is 17.6 Å². The highest BCUT2D eigenvalue weighted by molar-refractivity contribution is 5.87. The van der Waals surface area contributed by atoms with Crippen molar-refractivity contribution >= 4 is 11.8 Å². The topological polar surface area (TPSA) is 58.2 Å². The second kappa shape index (κ2) is 10.3. The standard InChI is InChI=1S/C21H26N2O2/c1-2-3-14-19(24)22-15-16-23-21(25)20(17-10-6-4-7-11-17)18-12-8-5-9-13-18/h4-13,20H,2-3,14-16H2,1H3,(H,22,24)(H,23,25). The lowest BCUT2D eigenvalue weighted by molar-refractivity contribution is -0.123. The molecule has 0 radical (unpaired) electrons. The fourth-order valence-electron chi connectivity index (χ4n) is 2.70. The van der Waals surface area contributed by atoms with Crippen molar-refractivity contribution in [3.8, 4) is 0 Å². The normalized spacial score (nSPS) is 10.5. The molecule has 0 aliphatic heterocycles. The van der Waals surface area contributed by atoms with Crippen LogP contribution in [0.3, 0.4) is 0 Å². The molecular weight excluding hydrogens is 312 g/mol. The first-order valence-electron chi connectivity index (χ1n) is 8.86. The van der Waals surface area contributed by atoms with Crippen LogP contribution in [0.15, 0.2) is 60.7 Å². The van der Waals surface area contributed by atoms with Gasteiger partial charge in [0.05, 0.1) is 5.92 Å². The maximum atomic E-state index is 12.7. The monoisotopic (exact) mass is 338 g/mol. The van der Waals surface area contributed by atoms with E-state index < -0.39 is 0 Å². The van der Waals surface area contributed by atoms with Crippen molar-refractivity contribution in [3.05, 3.63) is 71.8 Å². The Morgan fingerprint density at radius 3 is 1.88 bits per heavy atom. The van der Waals surface area contributed by atoms with Gasteiger partial charge in [0.1, 0.15) is 0 Å². The van der Waals surface area contributed by atoms with E-state index >= 15 is 0 Å². The summed E-state index contributed by atoms with van der Waals surface area (Å²) in [6.07, 6.45) is 2.43. The summed E-state index contributed by atoms with van der Waals surface area (Å²) >= 11 is 0. The van der Waals surface area contributed by atoms with Crippen molar-refractivity contribution in [2.24, 2.45) is 0 Å². The van der Waals surface area contributed by atoms with Crippen molar-refractivity contribution in [2.75, 3.05) is 13.1 Å². The quantitative estimate of drug-likeness (QED) is 0.690. The Hall–Kier alpha value is -2.62. The lowest BCUT2D eigenvalue weighted by Crippen LogP contribution is -2.37. The highest BCUT2D eigenvalue weighted by Gasteiger charge is 2.21. The molecule has 0 unspecified atom stereocenters. The predicted molar refractivity (Wildman–Crippen MR) is 100 cm³/mol. The van der Waals surface area contributed by atoms with Crippen LogP contribution in [0.25, 0.3) is 0 Å². The third-order valence-electron chi connectivity index (χ3n) is 4.03. The van der Waals surface area contributed by atoms with Gasteiger partial charge in [-0.1, -0.05) is 74.0 Å². The minimum atomic E-state index is -0.349. The maximum Gasteiger partial charge on any atom is 0.232 e. The average Bonchev–Trinajstić information content (AvgIpc) is 2.65. The van der Waals surface area contributed by atoms with Crippen molar-refractivity contribution in [2.45, 2.75) is 32.1 Å². The van der Waals surface area contributed by atoms with Crippen LogP contribution in [0, 0.1) is 0 Å². The van der Waals surface area contributed by atoms with Gasteiger partial charge in [0.2, 0.25) is 11.8 Å². The molecule has 0 fully saturated rings. The van der Waals surface area contributed by atoms with Gasteiger partial charge in [-0.2, -0.15) is 0 Å². The number of hydrogen-bond acceptors (Lipinski definition) is 2. The SMILES string of the molecule is CCCCC(=O)NCCNC(=O)C(c1ccccc1)c1ccccc1. The number of rotatable bonds is 9. The number of carbonyl (C=O) groups excluding carboxylic acids is 2. The van der Waals surface area contributed by atoms with E-state index in [4.69, 9.17) is 0 Å². The minimum Gasteiger partial charge on any atom is -0.354 e. The zero-order chi connectivity index (χ0) is 17.9. The Morgan fingerprint density at radius 1 is 0.840 bits per heavy atom. The number of hydrogen-bond donors (Lipinski definition) is 2. The second-order valence-corrected chi connectivity index (χ2v) is 6.00. The van der Waals surface area contributed by atoms with Gasteiger partial charge in [-0.15, -0.1) is 0 Å². The van der Waals surface area contributed by atoms with E-state index in [0.717, 1.165) is 24.0 Å². The van der Waals surface area contributed by atoms with E-state index in [1.54, 1.807) is 0 Å². The average molecular weight is 338 g/mol. The molecule has 132 valence electrons. The highest BCUT2D eigenvalue weighted by Crippen LogP contribution is 2.24. The van der Waals surface area contributed by atoms with Crippen LogP contribution >= 0.6 is 0 Å². The fraction of sp³-hybridized carbons (Fsp3) is 0.333. The molecule has 2 amide bonds. The molecule has 25 heavy (non-hydrogen) atoms. The van der Waals surface area contributed by atoms with Gasteiger partial charge in [-0.3, -0.25) is 9.59 Å². The molecule has 0 bridgehead atoms. The molecule has 0 aliphatic rings. The molecule has 0 heterocycles. The van der Waals surface area contributed by atoms with Crippen LogP contribution in [-0.4, -0.2) is 24.9 Å². The first kappa shape index (κ1) is 18.7. The first-order chi connectivity index (χ1) is 12.2. The molecule has 0 saturated heterocycles. The number of benzene rings is 2. The Morgan fingerprint density at radius 2 is 1.36 bits per heavy atom. The summed E-state index contributed by atoms with van der Waals surface area (Å²) in [4.78, 5) is 24.3. The Kier molecular flexibility index (Phi) is 7.70. The van der Waals surface area contributed by atoms with Crippen LogP contribution in [0.1, 0.15) is 43.2 Å². The van der Waals surface area contributed by atoms with Gasteiger partial charge in [0.15, 0.2) is 0 Å². The van der Waals surface area contributed by atoms with Crippen molar-refractivity contribution in [1.82, 2.24) is 10.6 Å². The van der Waals surface area contributed by atoms with Crippen LogP contribution in [0.4, 0.5) is 0 Å². The molecule has 2 N–H and O–H groups in total. The van der Waals surface area contributed by atoms with Crippen molar-refractivity contribution in [3.63, 3.8) is 0 Å². The highest BCUT2D eigenvalue weighted by atomic mass is 16.2. The van der Waals surface area contributed by atoms with Gasteiger partial charge in [-0.25, -0.2) is 0 Å². The Bertz CT molecular complexity index is 617. The third-order valence-corrected chi connectivity index (χ3v) is 4.03. The largest absolute Gasteiger partial charge is 0.354 e. The maximum absolute atomic E-state index is 12.7. The molecule has 0 aliphatic carbocycles. The second-order valence-electron chi connectivity index (χ2n) is 6.00. The van der Waals surface area contributed by atoms with E-state index in [1.807, 2.05) is 60.7 Å². The summed E-state index contributed by atoms with van der Waals surface area (Å²) < 4.78 is 0. The van der Waals surface area contributed by atoms with Gasteiger partial charge < -0.3 is 10.6 Å². The number of amides is 2. The lowest BCUT2D eigenvalue weighted by Gasteiger charge is -2.18. The third kappa shape index (κ3) is 6.07. The molecule has 2 rings (SSSR count). The molecule has 2 aromatic rings. The van der Waals surface area contributed by atoms with Crippen LogP contribution in [0.5, 0.6) is 0 Å². The Labute approximate surface area is 149 Å². The van der Waals surface area contributed by atoms with E-state index in [-0.39, 0.29) is 17.7 Å². The summed E-state index contributed by atoms with van der Waals surface area (Å²) in [6.45, 7) is 2.93. The molecule has 0 atom stereocenters. The molecule has 4 nitrogen and oxygen atoms in total. The molecule has 0 aromatic heterocycles. The number of carbonyl (C=O) groups is 2. The summed E-state index contributed by atoms with van der Waals surface area (Å²) in [7, 11) is 0. The molecule has 4 heteroatoms. The summed E-state index contributed by atoms with van der Waals surface area (Å²) in [6, 6.07) is 19.5. The molecular formula is C21H26N2O2. The van der Waals surface area contributed by atoms with Crippen LogP contribution in [0.2, 0.25) is 0 Å². The smallest absolute Gasteiger partial charge is 0.232 e. The fourth-order valence-corrected chi connectivity index (χ4v) is 2.70. The first-order valence-corrected chi connectivity index (χ1v) is 8.86. The molecule has 0 saturated carbocycles. The van der Waals surface area contributed by atoms with Gasteiger partial charge in [0.25, 0.3) is 0 Å². The minimum absolute atomic E-state index is 0.0405. The van der Waals surface area contributed by atoms with Gasteiger partial charge >= 0.3 is 0 Å². The van der Waals surface area contributed by atoms with Crippen molar-refractivity contribution < 1.29 is 9.59 Å². The molecule has 2 aromatic carbocycles. The predicted octanol–water partition coefficient (Wildman–Crippen LogP) is 3.24. The zero-order valence-corrected chi connectivity index (χ0v) is 14.7. The summed E-state index contributed by atoms with van der Waals surface area (Å²) in [5, 5.41) is 5.78. The van der Waals surface area contributed by atoms with Crippen molar-refractivity contribution in [1.29, 1.82) is 0 Å². The van der Waals surface area contributed by atoms with E-state index in [9.17, 15) is 9.59 Å². The lowest BCUT2D eigenvalue weighted by atomic mass is 9.90. The number of nitrogens with one attached hydrogen (secondary N) is 2.